The standard InChI is InChI=1S/C20H27N3O2/c1-16(24)19-6-5-17(14-21)13-20(19)23-10-7-18(15-23)25-12-11-22-8-3-2-4-9-22/h5-6,13,18H,2-4,7-12,15H2,1H3/t18-/m0/s1. The Hall–Kier alpha value is -1.90. The number of carbonyl (C=O) groups excluding carboxylic acids is 1. The van der Waals surface area contributed by atoms with Gasteiger partial charge in [0.05, 0.1) is 24.3 Å². The first-order valence-corrected chi connectivity index (χ1v) is 9.31. The summed E-state index contributed by atoms with van der Waals surface area (Å²) < 4.78 is 6.08. The molecule has 0 bridgehead atoms. The molecule has 2 fully saturated rings. The lowest BCUT2D eigenvalue weighted by Crippen LogP contribution is -2.34. The van der Waals surface area contributed by atoms with Gasteiger partial charge in [-0.2, -0.15) is 5.26 Å². The predicted octanol–water partition coefficient (Wildman–Crippen LogP) is 2.84. The molecule has 5 heteroatoms. The van der Waals surface area contributed by atoms with Gasteiger partial charge in [-0.25, -0.2) is 0 Å². The van der Waals surface area contributed by atoms with Crippen LogP contribution in [0.15, 0.2) is 18.2 Å². The van der Waals surface area contributed by atoms with Gasteiger partial charge in [0, 0.05) is 30.9 Å². The Balaban J connectivity index is 1.55. The number of nitriles is 1. The van der Waals surface area contributed by atoms with Gasteiger partial charge >= 0.3 is 0 Å². The second-order valence-corrected chi connectivity index (χ2v) is 7.03. The van der Waals surface area contributed by atoms with Gasteiger partial charge in [-0.1, -0.05) is 6.42 Å². The summed E-state index contributed by atoms with van der Waals surface area (Å²) in [4.78, 5) is 16.6. The lowest BCUT2D eigenvalue weighted by atomic mass is 10.1. The predicted molar refractivity (Wildman–Crippen MR) is 98.0 cm³/mol. The number of ether oxygens (including phenoxy) is 1. The van der Waals surface area contributed by atoms with Crippen LogP contribution in [-0.4, -0.2) is 56.1 Å². The number of rotatable bonds is 6. The van der Waals surface area contributed by atoms with E-state index in [9.17, 15) is 4.79 Å². The molecule has 5 nitrogen and oxygen atoms in total. The van der Waals surface area contributed by atoms with Crippen molar-refractivity contribution < 1.29 is 9.53 Å². The molecule has 1 aromatic carbocycles. The summed E-state index contributed by atoms with van der Waals surface area (Å²) in [5.74, 6) is 0.0361. The summed E-state index contributed by atoms with van der Waals surface area (Å²) in [5.41, 5.74) is 2.15. The van der Waals surface area contributed by atoms with Crippen LogP contribution in [0.25, 0.3) is 0 Å². The van der Waals surface area contributed by atoms with Crippen molar-refractivity contribution in [1.29, 1.82) is 5.26 Å². The van der Waals surface area contributed by atoms with Crippen LogP contribution in [0.4, 0.5) is 5.69 Å². The fourth-order valence-corrected chi connectivity index (χ4v) is 3.78. The average molecular weight is 341 g/mol. The van der Waals surface area contributed by atoms with Gasteiger partial charge in [-0.15, -0.1) is 0 Å². The van der Waals surface area contributed by atoms with Crippen LogP contribution in [-0.2, 0) is 4.74 Å². The maximum atomic E-state index is 11.9. The van der Waals surface area contributed by atoms with E-state index in [2.05, 4.69) is 15.9 Å². The van der Waals surface area contributed by atoms with E-state index in [4.69, 9.17) is 10.00 Å². The third-order valence-electron chi connectivity index (χ3n) is 5.20. The highest BCUT2D eigenvalue weighted by atomic mass is 16.5. The van der Waals surface area contributed by atoms with E-state index in [0.29, 0.717) is 11.1 Å². The quantitative estimate of drug-likeness (QED) is 0.745. The van der Waals surface area contributed by atoms with Crippen LogP contribution < -0.4 is 4.90 Å². The summed E-state index contributed by atoms with van der Waals surface area (Å²) in [6.45, 7) is 7.41. The van der Waals surface area contributed by atoms with Crippen molar-refractivity contribution in [1.82, 2.24) is 4.90 Å². The molecule has 2 saturated heterocycles. The summed E-state index contributed by atoms with van der Waals surface area (Å²) in [6.07, 6.45) is 5.14. The van der Waals surface area contributed by atoms with Crippen LogP contribution in [0.2, 0.25) is 0 Å². The first-order chi connectivity index (χ1) is 12.2. The number of Topliss-reactive ketones (excluding diaryl/α,β-unsaturated/α-hetero) is 1. The maximum Gasteiger partial charge on any atom is 0.161 e. The molecule has 0 unspecified atom stereocenters. The Bertz CT molecular complexity index is 647. The molecule has 0 aromatic heterocycles. The van der Waals surface area contributed by atoms with E-state index >= 15 is 0 Å². The van der Waals surface area contributed by atoms with Gasteiger partial charge in [-0.3, -0.25) is 4.79 Å². The third kappa shape index (κ3) is 4.59. The second-order valence-electron chi connectivity index (χ2n) is 7.03. The van der Waals surface area contributed by atoms with Crippen LogP contribution in [0, 0.1) is 11.3 Å². The smallest absolute Gasteiger partial charge is 0.161 e. The van der Waals surface area contributed by atoms with Gasteiger partial charge in [-0.05, 0) is 57.5 Å². The molecular formula is C20H27N3O2. The molecule has 25 heavy (non-hydrogen) atoms. The van der Waals surface area contributed by atoms with Gasteiger partial charge in [0.1, 0.15) is 0 Å². The van der Waals surface area contributed by atoms with Crippen molar-refractivity contribution in [3.8, 4) is 6.07 Å². The monoisotopic (exact) mass is 341 g/mol. The molecule has 0 amide bonds. The average Bonchev–Trinajstić information content (AvgIpc) is 3.11. The summed E-state index contributed by atoms with van der Waals surface area (Å²) in [7, 11) is 0. The highest BCUT2D eigenvalue weighted by Gasteiger charge is 2.26. The zero-order chi connectivity index (χ0) is 17.6. The molecule has 0 spiro atoms. The molecule has 0 N–H and O–H groups in total. The molecule has 2 heterocycles. The molecule has 1 atom stereocenters. The minimum absolute atomic E-state index is 0.0361. The van der Waals surface area contributed by atoms with Crippen molar-refractivity contribution in [2.24, 2.45) is 0 Å². The Morgan fingerprint density at radius 2 is 2.08 bits per heavy atom. The normalized spacial score (nSPS) is 21.3. The Kier molecular flexibility index (Phi) is 6.06. The van der Waals surface area contributed by atoms with Gasteiger partial charge in [0.25, 0.3) is 0 Å². The van der Waals surface area contributed by atoms with Crippen LogP contribution in [0.1, 0.15) is 48.5 Å². The van der Waals surface area contributed by atoms with E-state index in [0.717, 1.165) is 38.3 Å². The van der Waals surface area contributed by atoms with Gasteiger partial charge in [0.2, 0.25) is 0 Å². The molecule has 0 aliphatic carbocycles. The number of hydrogen-bond acceptors (Lipinski definition) is 5. The van der Waals surface area contributed by atoms with Crippen LogP contribution in [0.3, 0.4) is 0 Å². The minimum Gasteiger partial charge on any atom is -0.375 e. The number of benzene rings is 1. The highest BCUT2D eigenvalue weighted by Crippen LogP contribution is 2.27. The second kappa shape index (κ2) is 8.46. The SMILES string of the molecule is CC(=O)c1ccc(C#N)cc1N1CC[C@H](OCCN2CCCCC2)C1. The highest BCUT2D eigenvalue weighted by molar-refractivity contribution is 6.00. The summed E-state index contributed by atoms with van der Waals surface area (Å²) in [6, 6.07) is 7.47. The fourth-order valence-electron chi connectivity index (χ4n) is 3.78. The van der Waals surface area contributed by atoms with Crippen LogP contribution >= 0.6 is 0 Å². The number of hydrogen-bond donors (Lipinski definition) is 0. The molecule has 1 aromatic rings. The van der Waals surface area contributed by atoms with E-state index in [1.54, 1.807) is 19.1 Å². The number of nitrogens with zero attached hydrogens (tertiary/aromatic N) is 3. The molecule has 134 valence electrons. The van der Waals surface area contributed by atoms with Crippen molar-refractivity contribution in [3.63, 3.8) is 0 Å². The fraction of sp³-hybridized carbons (Fsp3) is 0.600. The van der Waals surface area contributed by atoms with E-state index < -0.39 is 0 Å². The van der Waals surface area contributed by atoms with Crippen molar-refractivity contribution in [3.05, 3.63) is 29.3 Å². The maximum absolute atomic E-state index is 11.9. The summed E-state index contributed by atoms with van der Waals surface area (Å²) >= 11 is 0. The Labute approximate surface area is 150 Å². The van der Waals surface area contributed by atoms with E-state index in [-0.39, 0.29) is 11.9 Å². The number of ketones is 1. The minimum atomic E-state index is 0.0361. The van der Waals surface area contributed by atoms with Crippen molar-refractivity contribution in [2.75, 3.05) is 44.2 Å². The van der Waals surface area contributed by atoms with Gasteiger partial charge < -0.3 is 14.5 Å². The van der Waals surface area contributed by atoms with Crippen molar-refractivity contribution in [2.45, 2.75) is 38.7 Å². The third-order valence-corrected chi connectivity index (χ3v) is 5.20. The number of anilines is 1. The topological polar surface area (TPSA) is 56.6 Å². The lowest BCUT2D eigenvalue weighted by Gasteiger charge is -2.27. The zero-order valence-corrected chi connectivity index (χ0v) is 15.0. The number of carbonyl (C=O) groups is 1. The van der Waals surface area contributed by atoms with E-state index in [1.165, 1.54) is 32.4 Å². The van der Waals surface area contributed by atoms with Crippen molar-refractivity contribution >= 4 is 11.5 Å². The first-order valence-electron chi connectivity index (χ1n) is 9.31. The Morgan fingerprint density at radius 3 is 2.80 bits per heavy atom. The molecule has 3 rings (SSSR count). The largest absolute Gasteiger partial charge is 0.375 e. The number of piperidine rings is 1. The van der Waals surface area contributed by atoms with Crippen LogP contribution in [0.5, 0.6) is 0 Å². The molecule has 0 radical (unpaired) electrons. The first kappa shape index (κ1) is 17.9. The summed E-state index contributed by atoms with van der Waals surface area (Å²) in [5, 5.41) is 9.14. The number of likely N-dealkylation sites (tertiary alicyclic amines) is 1. The van der Waals surface area contributed by atoms with Gasteiger partial charge in [0.15, 0.2) is 5.78 Å². The molecule has 2 aliphatic heterocycles. The molecule has 2 aliphatic rings. The molecular weight excluding hydrogens is 314 g/mol. The Morgan fingerprint density at radius 1 is 1.28 bits per heavy atom. The molecule has 0 saturated carbocycles. The van der Waals surface area contributed by atoms with E-state index in [1.807, 2.05) is 6.07 Å². The lowest BCUT2D eigenvalue weighted by molar-refractivity contribution is 0.0467. The zero-order valence-electron chi connectivity index (χ0n) is 15.0.